The third-order valence-electron chi connectivity index (χ3n) is 6.65. The van der Waals surface area contributed by atoms with Gasteiger partial charge in [0.2, 0.25) is 0 Å². The van der Waals surface area contributed by atoms with E-state index < -0.39 is 23.9 Å². The van der Waals surface area contributed by atoms with E-state index in [9.17, 15) is 28.0 Å². The summed E-state index contributed by atoms with van der Waals surface area (Å²) in [5, 5.41) is 31.2. The number of carboxylic acid groups (broad SMARTS) is 4. The van der Waals surface area contributed by atoms with Gasteiger partial charge in [0.15, 0.2) is 0 Å². The number of halogens is 2. The molecule has 13 heteroatoms. The lowest BCUT2D eigenvalue weighted by Gasteiger charge is -2.36. The zero-order valence-corrected chi connectivity index (χ0v) is 24.8. The molecule has 1 saturated heterocycles. The van der Waals surface area contributed by atoms with Crippen LogP contribution < -0.4 is 4.90 Å². The molecule has 4 N–H and O–H groups in total. The maximum atomic E-state index is 13.4. The summed E-state index contributed by atoms with van der Waals surface area (Å²) in [6.45, 7) is 5.15. The van der Waals surface area contributed by atoms with Crippen molar-refractivity contribution in [1.29, 1.82) is 0 Å². The van der Waals surface area contributed by atoms with E-state index in [0.29, 0.717) is 24.3 Å². The molecule has 0 amide bonds. The van der Waals surface area contributed by atoms with E-state index in [-0.39, 0.29) is 17.6 Å². The smallest absolute Gasteiger partial charge is 0.328 e. The minimum atomic E-state index is -1.26. The summed E-state index contributed by atoms with van der Waals surface area (Å²) in [4.78, 5) is 47.2. The minimum absolute atomic E-state index is 0.143. The van der Waals surface area contributed by atoms with E-state index in [0.717, 1.165) is 56.7 Å². The molecule has 4 rings (SSSR count). The normalized spacial score (nSPS) is 13.1. The second-order valence-electron chi connectivity index (χ2n) is 9.85. The van der Waals surface area contributed by atoms with E-state index in [2.05, 4.69) is 26.9 Å². The number of aromatic nitrogens is 1. The number of benzene rings is 2. The molecule has 0 spiro atoms. The van der Waals surface area contributed by atoms with Gasteiger partial charge in [-0.25, -0.2) is 28.0 Å². The Morgan fingerprint density at radius 2 is 1.04 bits per heavy atom. The Morgan fingerprint density at radius 3 is 1.41 bits per heavy atom. The molecule has 2 aromatic carbocycles. The molecule has 0 bridgehead atoms. The fourth-order valence-corrected chi connectivity index (χ4v) is 4.50. The summed E-state index contributed by atoms with van der Waals surface area (Å²) in [6, 6.07) is 17.5. The molecule has 1 aromatic heterocycles. The third-order valence-corrected chi connectivity index (χ3v) is 6.65. The zero-order chi connectivity index (χ0) is 33.9. The van der Waals surface area contributed by atoms with Crippen LogP contribution in [0.15, 0.2) is 97.4 Å². The molecule has 1 aliphatic rings. The molecular formula is C33H35F2N3O8. The fraction of sp³-hybridized carbons (Fsp3) is 0.242. The second kappa shape index (κ2) is 19.8. The van der Waals surface area contributed by atoms with Crippen molar-refractivity contribution in [3.05, 3.63) is 120 Å². The molecule has 11 nitrogen and oxygen atoms in total. The van der Waals surface area contributed by atoms with Gasteiger partial charge in [-0.15, -0.1) is 0 Å². The molecule has 244 valence electrons. The van der Waals surface area contributed by atoms with Crippen molar-refractivity contribution in [1.82, 2.24) is 9.88 Å². The van der Waals surface area contributed by atoms with Gasteiger partial charge in [0, 0.05) is 74.5 Å². The standard InChI is InChI=1S/C25H27F2N3.2C4H4O4/c26-22-7-3-20(4-8-22)25(21-5-9-23(27)10-6-21)2-1-15-29-16-18-30(19-17-29)24-11-13-28-14-12-24;2*5-3(6)1-2-4(7)8/h3-14,25H,1-2,15-19H2;2*1-2H,(H,5,6)(H,7,8). The van der Waals surface area contributed by atoms with Crippen molar-refractivity contribution >= 4 is 29.6 Å². The van der Waals surface area contributed by atoms with Crippen molar-refractivity contribution in [2.75, 3.05) is 37.6 Å². The summed E-state index contributed by atoms with van der Waals surface area (Å²) in [7, 11) is 0. The number of rotatable bonds is 11. The first-order valence-corrected chi connectivity index (χ1v) is 14.1. The Hall–Kier alpha value is -5.43. The van der Waals surface area contributed by atoms with Crippen molar-refractivity contribution in [3.63, 3.8) is 0 Å². The quantitative estimate of drug-likeness (QED) is 0.218. The highest BCUT2D eigenvalue weighted by atomic mass is 19.1. The van der Waals surface area contributed by atoms with Crippen molar-refractivity contribution in [3.8, 4) is 0 Å². The molecule has 1 fully saturated rings. The van der Waals surface area contributed by atoms with Crippen LogP contribution in [0.3, 0.4) is 0 Å². The van der Waals surface area contributed by atoms with Gasteiger partial charge in [0.25, 0.3) is 0 Å². The minimum Gasteiger partial charge on any atom is -0.478 e. The number of piperazine rings is 1. The Morgan fingerprint density at radius 1 is 0.652 bits per heavy atom. The van der Waals surface area contributed by atoms with Crippen LogP contribution in [0, 0.1) is 11.6 Å². The molecule has 0 saturated carbocycles. The number of anilines is 1. The zero-order valence-electron chi connectivity index (χ0n) is 24.8. The van der Waals surface area contributed by atoms with Crippen LogP contribution >= 0.6 is 0 Å². The topological polar surface area (TPSA) is 169 Å². The van der Waals surface area contributed by atoms with Crippen molar-refractivity contribution in [2.45, 2.75) is 18.8 Å². The van der Waals surface area contributed by atoms with E-state index in [1.165, 1.54) is 30.0 Å². The Kier molecular flexibility index (Phi) is 15.8. The molecule has 0 unspecified atom stereocenters. The summed E-state index contributed by atoms with van der Waals surface area (Å²) in [5.41, 5.74) is 3.38. The van der Waals surface area contributed by atoms with Gasteiger partial charge in [-0.05, 0) is 66.9 Å². The van der Waals surface area contributed by atoms with E-state index >= 15 is 0 Å². The first kappa shape index (κ1) is 36.8. The summed E-state index contributed by atoms with van der Waals surface area (Å²) in [6.07, 6.45) is 7.89. The number of hydrogen-bond donors (Lipinski definition) is 4. The molecule has 0 aliphatic carbocycles. The van der Waals surface area contributed by atoms with Crippen LogP contribution in [-0.4, -0.2) is 86.9 Å². The van der Waals surface area contributed by atoms with Crippen LogP contribution in [0.5, 0.6) is 0 Å². The average Bonchev–Trinajstić information content (AvgIpc) is 3.04. The number of hydrogen-bond acceptors (Lipinski definition) is 7. The number of carboxylic acids is 4. The van der Waals surface area contributed by atoms with Crippen LogP contribution in [-0.2, 0) is 19.2 Å². The third kappa shape index (κ3) is 14.8. The van der Waals surface area contributed by atoms with Gasteiger partial charge in [-0.3, -0.25) is 9.88 Å². The highest BCUT2D eigenvalue weighted by Gasteiger charge is 2.19. The Bertz CT molecular complexity index is 1350. The van der Waals surface area contributed by atoms with Crippen LogP contribution in [0.1, 0.15) is 29.9 Å². The second-order valence-corrected chi connectivity index (χ2v) is 9.85. The first-order chi connectivity index (χ1) is 21.9. The average molecular weight is 640 g/mol. The lowest BCUT2D eigenvalue weighted by Crippen LogP contribution is -2.46. The number of pyridine rings is 1. The lowest BCUT2D eigenvalue weighted by molar-refractivity contribution is -0.134. The molecular weight excluding hydrogens is 604 g/mol. The number of carbonyl (C=O) groups is 4. The first-order valence-electron chi connectivity index (χ1n) is 14.1. The summed E-state index contributed by atoms with van der Waals surface area (Å²) in [5.74, 6) is -5.35. The van der Waals surface area contributed by atoms with Crippen LogP contribution in [0.2, 0.25) is 0 Å². The highest BCUT2D eigenvalue weighted by Crippen LogP contribution is 2.30. The molecule has 0 atom stereocenters. The maximum Gasteiger partial charge on any atom is 0.328 e. The Labute approximate surface area is 264 Å². The summed E-state index contributed by atoms with van der Waals surface area (Å²) >= 11 is 0. The number of nitrogens with zero attached hydrogens (tertiary/aromatic N) is 3. The van der Waals surface area contributed by atoms with Gasteiger partial charge in [0.05, 0.1) is 0 Å². The molecule has 46 heavy (non-hydrogen) atoms. The highest BCUT2D eigenvalue weighted by molar-refractivity contribution is 5.90. The predicted molar refractivity (Wildman–Crippen MR) is 166 cm³/mol. The van der Waals surface area contributed by atoms with E-state index in [4.69, 9.17) is 20.4 Å². The SMILES string of the molecule is Fc1ccc(C(CCCN2CCN(c3ccncc3)CC2)c2ccc(F)cc2)cc1.O=C(O)C=CC(=O)O.O=C(O)C=CC(=O)O. The molecule has 0 radical (unpaired) electrons. The Balaban J connectivity index is 0.000000381. The van der Waals surface area contributed by atoms with Gasteiger partial charge in [-0.1, -0.05) is 24.3 Å². The van der Waals surface area contributed by atoms with Crippen molar-refractivity contribution in [2.24, 2.45) is 0 Å². The lowest BCUT2D eigenvalue weighted by atomic mass is 9.87. The predicted octanol–water partition coefficient (Wildman–Crippen LogP) is 4.52. The number of aliphatic carboxylic acids is 4. The van der Waals surface area contributed by atoms with E-state index in [1.807, 2.05) is 36.7 Å². The summed E-state index contributed by atoms with van der Waals surface area (Å²) < 4.78 is 26.8. The molecule has 1 aliphatic heterocycles. The van der Waals surface area contributed by atoms with E-state index in [1.54, 1.807) is 0 Å². The molecule has 2 heterocycles. The van der Waals surface area contributed by atoms with Gasteiger partial charge in [0.1, 0.15) is 11.6 Å². The van der Waals surface area contributed by atoms with Crippen molar-refractivity contribution < 1.29 is 48.4 Å². The maximum absolute atomic E-state index is 13.4. The van der Waals surface area contributed by atoms with Crippen LogP contribution in [0.25, 0.3) is 0 Å². The van der Waals surface area contributed by atoms with Gasteiger partial charge in [-0.2, -0.15) is 0 Å². The molecule has 3 aromatic rings. The largest absolute Gasteiger partial charge is 0.478 e. The van der Waals surface area contributed by atoms with Gasteiger partial charge >= 0.3 is 23.9 Å². The van der Waals surface area contributed by atoms with Gasteiger partial charge < -0.3 is 25.3 Å². The monoisotopic (exact) mass is 639 g/mol. The van der Waals surface area contributed by atoms with Crippen LogP contribution in [0.4, 0.5) is 14.5 Å². The fourth-order valence-electron chi connectivity index (χ4n) is 4.50.